The van der Waals surface area contributed by atoms with Crippen molar-refractivity contribution in [1.82, 2.24) is 25.5 Å². The molecule has 0 aliphatic carbocycles. The molecule has 108 valence electrons. The number of thioether (sulfide) groups is 1. The number of nitrogens with one attached hydrogen (secondary N) is 2. The first-order valence-electron chi connectivity index (χ1n) is 6.11. The highest BCUT2D eigenvalue weighted by Gasteiger charge is 2.16. The minimum absolute atomic E-state index is 0.0651. The third-order valence-electron chi connectivity index (χ3n) is 2.54. The van der Waals surface area contributed by atoms with Gasteiger partial charge in [-0.1, -0.05) is 30.0 Å². The van der Waals surface area contributed by atoms with Crippen LogP contribution in [0.25, 0.3) is 0 Å². The molecule has 1 unspecified atom stereocenters. The Morgan fingerprint density at radius 1 is 1.60 bits per heavy atom. The normalized spacial score (nSPS) is 12.3. The molecule has 2 heterocycles. The van der Waals surface area contributed by atoms with E-state index in [0.717, 1.165) is 17.9 Å². The van der Waals surface area contributed by atoms with Gasteiger partial charge in [0, 0.05) is 11.9 Å². The third kappa shape index (κ3) is 3.94. The first kappa shape index (κ1) is 14.8. The maximum Gasteiger partial charge on any atom is 0.231 e. The average molecular weight is 312 g/mol. The number of aromatic nitrogens is 4. The summed E-state index contributed by atoms with van der Waals surface area (Å²) >= 11 is 2.60. The van der Waals surface area contributed by atoms with Gasteiger partial charge in [0.25, 0.3) is 0 Å². The number of nitrogens with two attached hydrogens (primary N) is 1. The lowest BCUT2D eigenvalue weighted by Crippen LogP contribution is -2.30. The van der Waals surface area contributed by atoms with Crippen molar-refractivity contribution >= 4 is 34.1 Å². The quantitative estimate of drug-likeness (QED) is 0.698. The molecule has 2 aromatic heterocycles. The summed E-state index contributed by atoms with van der Waals surface area (Å²) in [5.41, 5.74) is 6.46. The summed E-state index contributed by atoms with van der Waals surface area (Å²) < 4.78 is 0.694. The SMILES string of the molecule is CCC(NC(=O)CSc1nnc(N)s1)c1ncc(C)[nH]1. The van der Waals surface area contributed by atoms with Crippen molar-refractivity contribution in [3.05, 3.63) is 17.7 Å². The van der Waals surface area contributed by atoms with Gasteiger partial charge >= 0.3 is 0 Å². The van der Waals surface area contributed by atoms with Crippen LogP contribution < -0.4 is 11.1 Å². The third-order valence-corrected chi connectivity index (χ3v) is 4.43. The smallest absolute Gasteiger partial charge is 0.231 e. The Morgan fingerprint density at radius 2 is 2.40 bits per heavy atom. The van der Waals surface area contributed by atoms with Gasteiger partial charge < -0.3 is 16.0 Å². The number of anilines is 1. The van der Waals surface area contributed by atoms with Crippen LogP contribution in [0.3, 0.4) is 0 Å². The van der Waals surface area contributed by atoms with Gasteiger partial charge in [0.05, 0.1) is 11.8 Å². The molecule has 2 rings (SSSR count). The predicted octanol–water partition coefficient (Wildman–Crippen LogP) is 1.51. The van der Waals surface area contributed by atoms with Gasteiger partial charge in [-0.25, -0.2) is 4.98 Å². The zero-order valence-corrected chi connectivity index (χ0v) is 12.8. The van der Waals surface area contributed by atoms with Gasteiger partial charge in [0.1, 0.15) is 5.82 Å². The van der Waals surface area contributed by atoms with Gasteiger partial charge in [0.2, 0.25) is 11.0 Å². The number of hydrogen-bond donors (Lipinski definition) is 3. The van der Waals surface area contributed by atoms with E-state index in [0.29, 0.717) is 9.47 Å². The topological polar surface area (TPSA) is 110 Å². The van der Waals surface area contributed by atoms with Crippen LogP contribution in [0.4, 0.5) is 5.13 Å². The summed E-state index contributed by atoms with van der Waals surface area (Å²) in [7, 11) is 0. The molecular formula is C11H16N6OS2. The number of hydrogen-bond acceptors (Lipinski definition) is 7. The van der Waals surface area contributed by atoms with Crippen molar-refractivity contribution in [3.63, 3.8) is 0 Å². The molecule has 0 radical (unpaired) electrons. The van der Waals surface area contributed by atoms with Gasteiger partial charge in [0.15, 0.2) is 4.34 Å². The van der Waals surface area contributed by atoms with E-state index in [-0.39, 0.29) is 17.7 Å². The van der Waals surface area contributed by atoms with E-state index >= 15 is 0 Å². The van der Waals surface area contributed by atoms with Gasteiger partial charge in [-0.15, -0.1) is 10.2 Å². The maximum atomic E-state index is 11.9. The summed E-state index contributed by atoms with van der Waals surface area (Å²) in [6, 6.07) is -0.101. The summed E-state index contributed by atoms with van der Waals surface area (Å²) in [6.45, 7) is 3.93. The number of aryl methyl sites for hydroxylation is 1. The van der Waals surface area contributed by atoms with E-state index in [1.165, 1.54) is 23.1 Å². The largest absolute Gasteiger partial charge is 0.374 e. The number of nitrogen functional groups attached to an aromatic ring is 1. The zero-order chi connectivity index (χ0) is 14.5. The van der Waals surface area contributed by atoms with Crippen molar-refractivity contribution in [2.24, 2.45) is 0 Å². The van der Waals surface area contributed by atoms with E-state index in [1.54, 1.807) is 6.20 Å². The molecule has 0 aromatic carbocycles. The van der Waals surface area contributed by atoms with E-state index < -0.39 is 0 Å². The van der Waals surface area contributed by atoms with Crippen LogP contribution in [0.15, 0.2) is 10.5 Å². The Bertz CT molecular complexity index is 581. The number of amides is 1. The second-order valence-electron chi connectivity index (χ2n) is 4.17. The van der Waals surface area contributed by atoms with Crippen LogP contribution in [0.5, 0.6) is 0 Å². The number of rotatable bonds is 6. The Kier molecular flexibility index (Phi) is 4.96. The van der Waals surface area contributed by atoms with Crippen LogP contribution in [0.1, 0.15) is 30.9 Å². The molecule has 0 saturated heterocycles. The fourth-order valence-electron chi connectivity index (χ4n) is 1.62. The van der Waals surface area contributed by atoms with Gasteiger partial charge in [-0.2, -0.15) is 0 Å². The molecule has 0 spiro atoms. The minimum atomic E-state index is -0.101. The van der Waals surface area contributed by atoms with Crippen molar-refractivity contribution in [3.8, 4) is 0 Å². The molecule has 0 fully saturated rings. The molecule has 7 nitrogen and oxygen atoms in total. The highest BCUT2D eigenvalue weighted by Crippen LogP contribution is 2.23. The Hall–Kier alpha value is -1.61. The number of aromatic amines is 1. The molecule has 0 saturated carbocycles. The monoisotopic (exact) mass is 312 g/mol. The second kappa shape index (κ2) is 6.71. The lowest BCUT2D eigenvalue weighted by molar-refractivity contribution is -0.119. The van der Waals surface area contributed by atoms with Gasteiger partial charge in [-0.3, -0.25) is 4.79 Å². The van der Waals surface area contributed by atoms with Crippen LogP contribution in [0, 0.1) is 6.92 Å². The lowest BCUT2D eigenvalue weighted by atomic mass is 10.2. The van der Waals surface area contributed by atoms with Crippen LogP contribution in [-0.2, 0) is 4.79 Å². The standard InChI is InChI=1S/C11H16N6OS2/c1-3-7(9-13-4-6(2)14-9)15-8(18)5-19-11-17-16-10(12)20-11/h4,7H,3,5H2,1-2H3,(H2,12,16)(H,13,14)(H,15,18). The Morgan fingerprint density at radius 3 is 2.95 bits per heavy atom. The average Bonchev–Trinajstić information content (AvgIpc) is 3.02. The first-order chi connectivity index (χ1) is 9.58. The highest BCUT2D eigenvalue weighted by atomic mass is 32.2. The van der Waals surface area contributed by atoms with E-state index in [9.17, 15) is 4.79 Å². The van der Waals surface area contributed by atoms with Crippen LogP contribution >= 0.6 is 23.1 Å². The molecule has 9 heteroatoms. The molecule has 2 aromatic rings. The Labute approximate surface area is 124 Å². The van der Waals surface area contributed by atoms with Crippen LogP contribution in [-0.4, -0.2) is 31.8 Å². The van der Waals surface area contributed by atoms with Crippen molar-refractivity contribution in [2.75, 3.05) is 11.5 Å². The van der Waals surface area contributed by atoms with Crippen molar-refractivity contribution in [2.45, 2.75) is 30.6 Å². The molecule has 1 atom stereocenters. The summed E-state index contributed by atoms with van der Waals surface area (Å²) in [6.07, 6.45) is 2.53. The summed E-state index contributed by atoms with van der Waals surface area (Å²) in [5.74, 6) is 0.998. The van der Waals surface area contributed by atoms with Crippen LogP contribution in [0.2, 0.25) is 0 Å². The van der Waals surface area contributed by atoms with Gasteiger partial charge in [-0.05, 0) is 13.3 Å². The predicted molar refractivity (Wildman–Crippen MR) is 79.5 cm³/mol. The fourth-order valence-corrected chi connectivity index (χ4v) is 3.06. The van der Waals surface area contributed by atoms with E-state index in [2.05, 4.69) is 25.5 Å². The molecule has 0 aliphatic heterocycles. The van der Waals surface area contributed by atoms with Crippen molar-refractivity contribution in [1.29, 1.82) is 0 Å². The second-order valence-corrected chi connectivity index (χ2v) is 6.41. The summed E-state index contributed by atoms with van der Waals surface area (Å²) in [5, 5.41) is 10.9. The fraction of sp³-hybridized carbons (Fsp3) is 0.455. The molecule has 0 bridgehead atoms. The molecule has 20 heavy (non-hydrogen) atoms. The first-order valence-corrected chi connectivity index (χ1v) is 7.91. The summed E-state index contributed by atoms with van der Waals surface area (Å²) in [4.78, 5) is 19.3. The molecule has 0 aliphatic rings. The molecule has 1 amide bonds. The van der Waals surface area contributed by atoms with E-state index in [4.69, 9.17) is 5.73 Å². The highest BCUT2D eigenvalue weighted by molar-refractivity contribution is 8.01. The maximum absolute atomic E-state index is 11.9. The number of carbonyl (C=O) groups excluding carboxylic acids is 1. The minimum Gasteiger partial charge on any atom is -0.374 e. The number of nitrogens with zero attached hydrogens (tertiary/aromatic N) is 3. The Balaban J connectivity index is 1.86. The number of imidazole rings is 1. The number of carbonyl (C=O) groups is 1. The molecular weight excluding hydrogens is 296 g/mol. The number of H-pyrrole nitrogens is 1. The lowest BCUT2D eigenvalue weighted by Gasteiger charge is -2.14. The van der Waals surface area contributed by atoms with Crippen molar-refractivity contribution < 1.29 is 4.79 Å². The van der Waals surface area contributed by atoms with E-state index in [1.807, 2.05) is 13.8 Å². The zero-order valence-electron chi connectivity index (χ0n) is 11.2. The molecule has 4 N–H and O–H groups in total.